The molecule has 27 heavy (non-hydrogen) atoms. The van der Waals surface area contributed by atoms with Crippen LogP contribution in [0.5, 0.6) is 11.5 Å². The first-order valence-corrected chi connectivity index (χ1v) is 8.43. The second-order valence-electron chi connectivity index (χ2n) is 5.77. The van der Waals surface area contributed by atoms with Crippen molar-refractivity contribution in [3.05, 3.63) is 70.6 Å². The van der Waals surface area contributed by atoms with Crippen molar-refractivity contribution in [2.24, 2.45) is 5.11 Å². The number of hydrogen-bond acceptors (Lipinski definition) is 6. The molecule has 0 saturated heterocycles. The van der Waals surface area contributed by atoms with Gasteiger partial charge in [0, 0.05) is 4.91 Å². The first kappa shape index (κ1) is 20.5. The number of rotatable bonds is 11. The summed E-state index contributed by atoms with van der Waals surface area (Å²) in [6.07, 6.45) is -2.15. The van der Waals surface area contributed by atoms with Gasteiger partial charge in [-0.2, -0.15) is 0 Å². The molecule has 3 atom stereocenters. The Hall–Kier alpha value is -2.77. The second kappa shape index (κ2) is 11.1. The highest BCUT2D eigenvalue weighted by Crippen LogP contribution is 2.19. The summed E-state index contributed by atoms with van der Waals surface area (Å²) in [5, 5.41) is 23.2. The van der Waals surface area contributed by atoms with Crippen molar-refractivity contribution in [2.75, 3.05) is 20.3 Å². The van der Waals surface area contributed by atoms with E-state index in [9.17, 15) is 10.2 Å². The standard InChI is InChI=1S/C19H23N3O5/c1-25-15-7-9-16(10-8-15)26-13-17(21-22-20)19(18(24)11-23)27-12-14-5-3-2-4-6-14/h2-10,17-19,23-24H,11-13H2,1H3/t17-,18-,19-/m0/s1. The van der Waals surface area contributed by atoms with E-state index in [1.54, 1.807) is 31.4 Å². The molecule has 8 nitrogen and oxygen atoms in total. The SMILES string of the molecule is COc1ccc(OC[C@H](N=[N+]=[N-])[C@H](OCc2ccccc2)[C@@H](O)CO)cc1. The van der Waals surface area contributed by atoms with E-state index < -0.39 is 24.9 Å². The molecule has 0 bridgehead atoms. The molecule has 0 saturated carbocycles. The van der Waals surface area contributed by atoms with E-state index >= 15 is 0 Å². The molecule has 0 aliphatic carbocycles. The maximum Gasteiger partial charge on any atom is 0.119 e. The molecule has 2 rings (SSSR count). The summed E-state index contributed by atoms with van der Waals surface area (Å²) >= 11 is 0. The van der Waals surface area contributed by atoms with Crippen molar-refractivity contribution < 1.29 is 24.4 Å². The van der Waals surface area contributed by atoms with Crippen molar-refractivity contribution >= 4 is 0 Å². The molecule has 0 aliphatic rings. The van der Waals surface area contributed by atoms with Crippen LogP contribution in [-0.4, -0.2) is 48.8 Å². The Balaban J connectivity index is 2.05. The summed E-state index contributed by atoms with van der Waals surface area (Å²) in [7, 11) is 1.57. The zero-order valence-electron chi connectivity index (χ0n) is 15.0. The lowest BCUT2D eigenvalue weighted by Crippen LogP contribution is -2.43. The Morgan fingerprint density at radius 2 is 1.74 bits per heavy atom. The number of ether oxygens (including phenoxy) is 3. The summed E-state index contributed by atoms with van der Waals surface area (Å²) in [5.74, 6) is 1.24. The van der Waals surface area contributed by atoms with Crippen LogP contribution in [0.25, 0.3) is 10.4 Å². The smallest absolute Gasteiger partial charge is 0.119 e. The van der Waals surface area contributed by atoms with Gasteiger partial charge < -0.3 is 24.4 Å². The predicted molar refractivity (Wildman–Crippen MR) is 99.5 cm³/mol. The fraction of sp³-hybridized carbons (Fsp3) is 0.368. The van der Waals surface area contributed by atoms with Gasteiger partial charge in [0.15, 0.2) is 0 Å². The average Bonchev–Trinajstić information content (AvgIpc) is 2.72. The normalized spacial score (nSPS) is 13.9. The molecule has 0 unspecified atom stereocenters. The van der Waals surface area contributed by atoms with Gasteiger partial charge in [0.05, 0.1) is 33.0 Å². The topological polar surface area (TPSA) is 117 Å². The van der Waals surface area contributed by atoms with Crippen molar-refractivity contribution in [3.63, 3.8) is 0 Å². The minimum absolute atomic E-state index is 0.0209. The van der Waals surface area contributed by atoms with Gasteiger partial charge in [-0.25, -0.2) is 0 Å². The summed E-state index contributed by atoms with van der Waals surface area (Å²) in [6, 6.07) is 15.5. The van der Waals surface area contributed by atoms with Crippen LogP contribution in [-0.2, 0) is 11.3 Å². The fourth-order valence-electron chi connectivity index (χ4n) is 2.46. The molecule has 2 aromatic carbocycles. The lowest BCUT2D eigenvalue weighted by atomic mass is 10.1. The number of aliphatic hydroxyl groups excluding tert-OH is 2. The molecule has 144 valence electrons. The second-order valence-corrected chi connectivity index (χ2v) is 5.77. The van der Waals surface area contributed by atoms with Crippen molar-refractivity contribution in [2.45, 2.75) is 24.9 Å². The van der Waals surface area contributed by atoms with Crippen LogP contribution in [0.3, 0.4) is 0 Å². The average molecular weight is 373 g/mol. The van der Waals surface area contributed by atoms with Crippen LogP contribution in [0, 0.1) is 0 Å². The van der Waals surface area contributed by atoms with Crippen LogP contribution < -0.4 is 9.47 Å². The summed E-state index contributed by atoms with van der Waals surface area (Å²) < 4.78 is 16.5. The first-order valence-electron chi connectivity index (χ1n) is 8.43. The Kier molecular flexibility index (Phi) is 8.41. The van der Waals surface area contributed by atoms with E-state index in [4.69, 9.17) is 19.7 Å². The molecular weight excluding hydrogens is 350 g/mol. The lowest BCUT2D eigenvalue weighted by Gasteiger charge is -2.27. The largest absolute Gasteiger partial charge is 0.497 e. The molecule has 2 aromatic rings. The number of methoxy groups -OCH3 is 1. The monoisotopic (exact) mass is 373 g/mol. The minimum atomic E-state index is -1.22. The Bertz CT molecular complexity index is 720. The summed E-state index contributed by atoms with van der Waals surface area (Å²) in [4.78, 5) is 2.82. The van der Waals surface area contributed by atoms with Crippen molar-refractivity contribution in [1.82, 2.24) is 0 Å². The van der Waals surface area contributed by atoms with E-state index in [0.29, 0.717) is 11.5 Å². The van der Waals surface area contributed by atoms with E-state index in [1.807, 2.05) is 30.3 Å². The maximum absolute atomic E-state index is 10.1. The number of nitrogens with zero attached hydrogens (tertiary/aromatic N) is 3. The highest BCUT2D eigenvalue weighted by atomic mass is 16.5. The third kappa shape index (κ3) is 6.47. The molecule has 0 radical (unpaired) electrons. The molecule has 0 fully saturated rings. The van der Waals surface area contributed by atoms with E-state index in [2.05, 4.69) is 10.0 Å². The molecule has 0 aliphatic heterocycles. The highest BCUT2D eigenvalue weighted by Gasteiger charge is 2.29. The van der Waals surface area contributed by atoms with Gasteiger partial charge in [-0.1, -0.05) is 35.4 Å². The van der Waals surface area contributed by atoms with Gasteiger partial charge in [0.1, 0.15) is 23.6 Å². The van der Waals surface area contributed by atoms with Crippen LogP contribution in [0.1, 0.15) is 5.56 Å². The van der Waals surface area contributed by atoms with E-state index in [-0.39, 0.29) is 13.2 Å². The Morgan fingerprint density at radius 3 is 2.33 bits per heavy atom. The minimum Gasteiger partial charge on any atom is -0.497 e. The number of hydrogen-bond donors (Lipinski definition) is 2. The van der Waals surface area contributed by atoms with Crippen molar-refractivity contribution in [3.8, 4) is 11.5 Å². The quantitative estimate of drug-likeness (QED) is 0.357. The predicted octanol–water partition coefficient (Wildman–Crippen LogP) is 2.69. The number of benzene rings is 2. The molecule has 0 amide bonds. The zero-order valence-corrected chi connectivity index (χ0v) is 15.0. The first-order chi connectivity index (χ1) is 13.2. The van der Waals surface area contributed by atoms with E-state index in [0.717, 1.165) is 5.56 Å². The molecule has 2 N–H and O–H groups in total. The molecule has 0 heterocycles. The van der Waals surface area contributed by atoms with Crippen molar-refractivity contribution in [1.29, 1.82) is 0 Å². The van der Waals surface area contributed by atoms with E-state index in [1.165, 1.54) is 0 Å². The third-order valence-corrected chi connectivity index (χ3v) is 3.91. The van der Waals surface area contributed by atoms with Gasteiger partial charge >= 0.3 is 0 Å². The molecular formula is C19H23N3O5. The number of aliphatic hydroxyl groups is 2. The zero-order chi connectivity index (χ0) is 19.5. The molecule has 0 spiro atoms. The molecule has 0 aromatic heterocycles. The molecule has 8 heteroatoms. The van der Waals surface area contributed by atoms with Gasteiger partial charge in [0.25, 0.3) is 0 Å². The van der Waals surface area contributed by atoms with Crippen LogP contribution in [0.2, 0.25) is 0 Å². The Morgan fingerprint density at radius 1 is 1.07 bits per heavy atom. The van der Waals surface area contributed by atoms with Crippen LogP contribution in [0.15, 0.2) is 59.7 Å². The van der Waals surface area contributed by atoms with Gasteiger partial charge in [-0.05, 0) is 35.4 Å². The van der Waals surface area contributed by atoms with Gasteiger partial charge in [-0.15, -0.1) is 0 Å². The summed E-state index contributed by atoms with van der Waals surface area (Å²) in [6.45, 7) is -0.352. The third-order valence-electron chi connectivity index (χ3n) is 3.91. The maximum atomic E-state index is 10.1. The number of azide groups is 1. The van der Waals surface area contributed by atoms with Crippen LogP contribution >= 0.6 is 0 Å². The Labute approximate surface area is 157 Å². The fourth-order valence-corrected chi connectivity index (χ4v) is 2.46. The lowest BCUT2D eigenvalue weighted by molar-refractivity contribution is -0.0806. The van der Waals surface area contributed by atoms with Crippen LogP contribution in [0.4, 0.5) is 0 Å². The highest BCUT2D eigenvalue weighted by molar-refractivity contribution is 5.31. The summed E-state index contributed by atoms with van der Waals surface area (Å²) in [5.41, 5.74) is 9.77. The van der Waals surface area contributed by atoms with Gasteiger partial charge in [-0.3, -0.25) is 0 Å². The van der Waals surface area contributed by atoms with Gasteiger partial charge in [0.2, 0.25) is 0 Å².